The molecule has 0 unspecified atom stereocenters. The van der Waals surface area contributed by atoms with Gasteiger partial charge in [-0.05, 0) is 18.9 Å². The Hall–Kier alpha value is -3.23. The molecule has 0 aliphatic rings. The number of esters is 1. The molecule has 144 valence electrons. The molecule has 0 saturated heterocycles. The van der Waals surface area contributed by atoms with Crippen LogP contribution in [0, 0.1) is 5.92 Å². The van der Waals surface area contributed by atoms with Crippen LogP contribution in [0.25, 0.3) is 10.8 Å². The van der Waals surface area contributed by atoms with Crippen molar-refractivity contribution < 1.29 is 23.9 Å². The van der Waals surface area contributed by atoms with Crippen molar-refractivity contribution in [1.82, 2.24) is 15.1 Å². The number of rotatable bonds is 5. The fourth-order valence-corrected chi connectivity index (χ4v) is 2.38. The SMILES string of the molecule is COC(=O)NC(=O)[C@H](C)OC(=O)c1nn(CC(C)C)c(=O)c2ccccc12. The van der Waals surface area contributed by atoms with Crippen LogP contribution < -0.4 is 10.9 Å². The highest BCUT2D eigenvalue weighted by Gasteiger charge is 2.24. The van der Waals surface area contributed by atoms with Crippen molar-refractivity contribution in [3.8, 4) is 0 Å². The first-order valence-electron chi connectivity index (χ1n) is 8.34. The Morgan fingerprint density at radius 3 is 2.37 bits per heavy atom. The molecule has 0 aliphatic heterocycles. The third kappa shape index (κ3) is 4.69. The van der Waals surface area contributed by atoms with Gasteiger partial charge in [0.25, 0.3) is 11.5 Å². The number of imide groups is 1. The predicted molar refractivity (Wildman–Crippen MR) is 96.3 cm³/mol. The van der Waals surface area contributed by atoms with Crippen LogP contribution in [0.1, 0.15) is 31.3 Å². The summed E-state index contributed by atoms with van der Waals surface area (Å²) < 4.78 is 10.6. The van der Waals surface area contributed by atoms with Gasteiger partial charge in [0.2, 0.25) is 0 Å². The summed E-state index contributed by atoms with van der Waals surface area (Å²) in [5.41, 5.74) is -0.393. The number of ether oxygens (including phenoxy) is 2. The molecule has 1 N–H and O–H groups in total. The van der Waals surface area contributed by atoms with Gasteiger partial charge < -0.3 is 9.47 Å². The number of amides is 2. The highest BCUT2D eigenvalue weighted by molar-refractivity contribution is 6.03. The molecule has 27 heavy (non-hydrogen) atoms. The lowest BCUT2D eigenvalue weighted by atomic mass is 10.1. The molecule has 0 radical (unpaired) electrons. The highest BCUT2D eigenvalue weighted by Crippen LogP contribution is 2.15. The number of hydrogen-bond acceptors (Lipinski definition) is 7. The van der Waals surface area contributed by atoms with Gasteiger partial charge in [-0.1, -0.05) is 32.0 Å². The van der Waals surface area contributed by atoms with Crippen molar-refractivity contribution in [3.63, 3.8) is 0 Å². The van der Waals surface area contributed by atoms with Crippen molar-refractivity contribution in [1.29, 1.82) is 0 Å². The first-order valence-corrected chi connectivity index (χ1v) is 8.34. The second-order valence-corrected chi connectivity index (χ2v) is 6.30. The normalized spacial score (nSPS) is 11.9. The smallest absolute Gasteiger partial charge is 0.413 e. The summed E-state index contributed by atoms with van der Waals surface area (Å²) in [7, 11) is 1.10. The zero-order chi connectivity index (χ0) is 20.1. The summed E-state index contributed by atoms with van der Waals surface area (Å²) in [6.07, 6.45) is -2.22. The molecule has 0 spiro atoms. The lowest BCUT2D eigenvalue weighted by molar-refractivity contribution is -0.128. The number of nitrogens with one attached hydrogen (secondary N) is 1. The molecular formula is C18H21N3O6. The molecule has 1 atom stereocenters. The molecule has 9 nitrogen and oxygen atoms in total. The van der Waals surface area contributed by atoms with E-state index in [1.54, 1.807) is 24.3 Å². The van der Waals surface area contributed by atoms with Crippen molar-refractivity contribution in [3.05, 3.63) is 40.3 Å². The summed E-state index contributed by atoms with van der Waals surface area (Å²) >= 11 is 0. The van der Waals surface area contributed by atoms with E-state index in [0.717, 1.165) is 7.11 Å². The van der Waals surface area contributed by atoms with Crippen LogP contribution in [0.4, 0.5) is 4.79 Å². The van der Waals surface area contributed by atoms with Crippen LogP contribution in [0.5, 0.6) is 0 Å². The number of alkyl carbamates (subject to hydrolysis) is 1. The molecular weight excluding hydrogens is 354 g/mol. The predicted octanol–water partition coefficient (Wildman–Crippen LogP) is 1.48. The minimum absolute atomic E-state index is 0.0800. The van der Waals surface area contributed by atoms with Gasteiger partial charge in [-0.25, -0.2) is 14.3 Å². The van der Waals surface area contributed by atoms with Crippen molar-refractivity contribution in [2.45, 2.75) is 33.4 Å². The van der Waals surface area contributed by atoms with E-state index >= 15 is 0 Å². The summed E-state index contributed by atoms with van der Waals surface area (Å²) in [5, 5.41) is 6.71. The number of nitrogens with zero attached hydrogens (tertiary/aromatic N) is 2. The van der Waals surface area contributed by atoms with Crippen molar-refractivity contribution >= 4 is 28.7 Å². The number of fused-ring (bicyclic) bond motifs is 1. The molecule has 2 aromatic rings. The summed E-state index contributed by atoms with van der Waals surface area (Å²) in [4.78, 5) is 48.1. The number of carbonyl (C=O) groups is 3. The van der Waals surface area contributed by atoms with Gasteiger partial charge in [-0.3, -0.25) is 14.9 Å². The van der Waals surface area contributed by atoms with Gasteiger partial charge in [0, 0.05) is 11.9 Å². The van der Waals surface area contributed by atoms with Gasteiger partial charge in [0.05, 0.1) is 12.5 Å². The maximum Gasteiger partial charge on any atom is 0.413 e. The van der Waals surface area contributed by atoms with Crippen LogP contribution in [0.2, 0.25) is 0 Å². The van der Waals surface area contributed by atoms with Crippen molar-refractivity contribution in [2.24, 2.45) is 5.92 Å². The first-order chi connectivity index (χ1) is 12.7. The molecule has 9 heteroatoms. The van der Waals surface area contributed by atoms with Gasteiger partial charge in [0.1, 0.15) is 0 Å². The van der Waals surface area contributed by atoms with Crippen LogP contribution in [-0.2, 0) is 20.8 Å². The molecule has 0 aliphatic carbocycles. The fraction of sp³-hybridized carbons (Fsp3) is 0.389. The zero-order valence-corrected chi connectivity index (χ0v) is 15.5. The number of aromatic nitrogens is 2. The number of benzene rings is 1. The first kappa shape index (κ1) is 20.1. The third-order valence-electron chi connectivity index (χ3n) is 3.66. The summed E-state index contributed by atoms with van der Waals surface area (Å²) in [5.74, 6) is -1.59. The third-order valence-corrected chi connectivity index (χ3v) is 3.66. The fourth-order valence-electron chi connectivity index (χ4n) is 2.38. The Morgan fingerprint density at radius 1 is 1.15 bits per heavy atom. The van der Waals surface area contributed by atoms with E-state index in [1.165, 1.54) is 11.6 Å². The number of carbonyl (C=O) groups excluding carboxylic acids is 3. The van der Waals surface area contributed by atoms with Crippen LogP contribution in [0.15, 0.2) is 29.1 Å². The van der Waals surface area contributed by atoms with Crippen LogP contribution in [-0.4, -0.2) is 41.0 Å². The minimum Gasteiger partial charge on any atom is -0.453 e. The Bertz CT molecular complexity index is 934. The van der Waals surface area contributed by atoms with Gasteiger partial charge in [-0.2, -0.15) is 5.10 Å². The number of hydrogen-bond donors (Lipinski definition) is 1. The minimum atomic E-state index is -1.26. The second-order valence-electron chi connectivity index (χ2n) is 6.30. The lowest BCUT2D eigenvalue weighted by Gasteiger charge is -2.15. The van der Waals surface area contributed by atoms with E-state index < -0.39 is 24.1 Å². The molecule has 0 bridgehead atoms. The van der Waals surface area contributed by atoms with E-state index in [1.807, 2.05) is 19.2 Å². The molecule has 1 aromatic carbocycles. The molecule has 2 amide bonds. The monoisotopic (exact) mass is 375 g/mol. The van der Waals surface area contributed by atoms with Gasteiger partial charge in [-0.15, -0.1) is 0 Å². The van der Waals surface area contributed by atoms with Gasteiger partial charge in [0.15, 0.2) is 11.8 Å². The Labute approximate surface area is 155 Å². The highest BCUT2D eigenvalue weighted by atomic mass is 16.6. The average Bonchev–Trinajstić information content (AvgIpc) is 2.63. The summed E-state index contributed by atoms with van der Waals surface area (Å²) in [6.45, 7) is 5.46. The van der Waals surface area contributed by atoms with E-state index in [2.05, 4.69) is 9.84 Å². The number of methoxy groups -OCH3 is 1. The van der Waals surface area contributed by atoms with E-state index in [0.29, 0.717) is 17.3 Å². The molecule has 1 aromatic heterocycles. The lowest BCUT2D eigenvalue weighted by Crippen LogP contribution is -2.39. The maximum atomic E-state index is 12.6. The topological polar surface area (TPSA) is 117 Å². The molecule has 2 rings (SSSR count). The Balaban J connectivity index is 2.37. The molecule has 1 heterocycles. The van der Waals surface area contributed by atoms with E-state index in [4.69, 9.17) is 4.74 Å². The Morgan fingerprint density at radius 2 is 1.78 bits per heavy atom. The summed E-state index contributed by atoms with van der Waals surface area (Å²) in [6, 6.07) is 6.53. The quantitative estimate of drug-likeness (QED) is 0.787. The Kier molecular flexibility index (Phi) is 6.27. The second kappa shape index (κ2) is 8.43. The van der Waals surface area contributed by atoms with E-state index in [9.17, 15) is 19.2 Å². The van der Waals surface area contributed by atoms with Crippen molar-refractivity contribution in [2.75, 3.05) is 7.11 Å². The average molecular weight is 375 g/mol. The molecule has 0 saturated carbocycles. The molecule has 0 fully saturated rings. The zero-order valence-electron chi connectivity index (χ0n) is 15.5. The van der Waals surface area contributed by atoms with Gasteiger partial charge >= 0.3 is 12.1 Å². The van der Waals surface area contributed by atoms with E-state index in [-0.39, 0.29) is 17.2 Å². The standard InChI is InChI=1S/C18H21N3O6/c1-10(2)9-21-16(23)13-8-6-5-7-12(13)14(20-21)17(24)27-11(3)15(22)19-18(25)26-4/h5-8,10-11H,9H2,1-4H3,(H,19,22,25)/t11-/m0/s1. The maximum absolute atomic E-state index is 12.6. The largest absolute Gasteiger partial charge is 0.453 e. The van der Waals surface area contributed by atoms with Crippen LogP contribution in [0.3, 0.4) is 0 Å². The van der Waals surface area contributed by atoms with Crippen LogP contribution >= 0.6 is 0 Å².